The molecule has 0 unspecified atom stereocenters. The highest BCUT2D eigenvalue weighted by Gasteiger charge is 2.22. The maximum absolute atomic E-state index is 13.0. The van der Waals surface area contributed by atoms with E-state index in [1.807, 2.05) is 24.3 Å². The lowest BCUT2D eigenvalue weighted by Crippen LogP contribution is -2.42. The number of hydrogen-bond donors (Lipinski definition) is 1. The van der Waals surface area contributed by atoms with Gasteiger partial charge < -0.3 is 10.1 Å². The van der Waals surface area contributed by atoms with Gasteiger partial charge in [-0.25, -0.2) is 9.07 Å². The van der Waals surface area contributed by atoms with E-state index in [2.05, 4.69) is 25.7 Å². The van der Waals surface area contributed by atoms with Crippen molar-refractivity contribution < 1.29 is 13.9 Å². The first kappa shape index (κ1) is 19.0. The summed E-state index contributed by atoms with van der Waals surface area (Å²) in [4.78, 5) is 14.4. The smallest absolute Gasteiger partial charge is 0.238 e. The number of ether oxygens (including phenoxy) is 1. The van der Waals surface area contributed by atoms with Crippen molar-refractivity contribution in [2.24, 2.45) is 0 Å². The van der Waals surface area contributed by atoms with Crippen LogP contribution in [0.5, 0.6) is 5.75 Å². The van der Waals surface area contributed by atoms with Crippen molar-refractivity contribution in [1.29, 1.82) is 0 Å². The molecule has 0 spiro atoms. The van der Waals surface area contributed by atoms with E-state index in [1.165, 1.54) is 18.5 Å². The number of tetrazole rings is 1. The van der Waals surface area contributed by atoms with E-state index in [0.717, 1.165) is 37.3 Å². The van der Waals surface area contributed by atoms with Crippen molar-refractivity contribution in [3.8, 4) is 11.4 Å². The predicted molar refractivity (Wildman–Crippen MR) is 104 cm³/mol. The number of carbonyl (C=O) groups excluding carboxylic acids is 1. The van der Waals surface area contributed by atoms with Gasteiger partial charge in [-0.05, 0) is 71.8 Å². The normalized spacial score (nSPS) is 15.2. The van der Waals surface area contributed by atoms with Crippen molar-refractivity contribution in [2.75, 3.05) is 25.0 Å². The molecule has 1 aliphatic heterocycles. The molecular formula is C20H21FN6O2. The lowest BCUT2D eigenvalue weighted by molar-refractivity contribution is -0.117. The van der Waals surface area contributed by atoms with Crippen LogP contribution in [-0.2, 0) is 4.79 Å². The van der Waals surface area contributed by atoms with Gasteiger partial charge in [-0.3, -0.25) is 9.69 Å². The van der Waals surface area contributed by atoms with E-state index in [9.17, 15) is 9.18 Å². The molecule has 0 atom stereocenters. The highest BCUT2D eigenvalue weighted by molar-refractivity contribution is 5.92. The maximum Gasteiger partial charge on any atom is 0.238 e. The number of rotatable bonds is 6. The summed E-state index contributed by atoms with van der Waals surface area (Å²) in [5.41, 5.74) is 1.54. The van der Waals surface area contributed by atoms with E-state index in [-0.39, 0.29) is 17.8 Å². The molecule has 1 saturated heterocycles. The van der Waals surface area contributed by atoms with Gasteiger partial charge in [0, 0.05) is 18.8 Å². The van der Waals surface area contributed by atoms with Crippen LogP contribution in [0.2, 0.25) is 0 Å². The Hall–Kier alpha value is -3.33. The molecule has 1 N–H and O–H groups in total. The van der Waals surface area contributed by atoms with Gasteiger partial charge >= 0.3 is 0 Å². The highest BCUT2D eigenvalue weighted by Crippen LogP contribution is 2.19. The lowest BCUT2D eigenvalue weighted by atomic mass is 10.1. The molecule has 150 valence electrons. The van der Waals surface area contributed by atoms with Crippen LogP contribution in [0.1, 0.15) is 12.8 Å². The van der Waals surface area contributed by atoms with E-state index >= 15 is 0 Å². The van der Waals surface area contributed by atoms with Gasteiger partial charge in [0.25, 0.3) is 0 Å². The summed E-state index contributed by atoms with van der Waals surface area (Å²) >= 11 is 0. The molecule has 9 heteroatoms. The Morgan fingerprint density at radius 1 is 1.10 bits per heavy atom. The van der Waals surface area contributed by atoms with Gasteiger partial charge in [-0.2, -0.15) is 0 Å². The van der Waals surface area contributed by atoms with Crippen LogP contribution in [-0.4, -0.2) is 56.8 Å². The SMILES string of the molecule is O=C(CN1CCC(Oc2ccc(F)cc2)CC1)Nc1ccc(-n2cnnn2)cc1. The van der Waals surface area contributed by atoms with E-state index in [1.54, 1.807) is 16.8 Å². The Morgan fingerprint density at radius 2 is 1.83 bits per heavy atom. The number of anilines is 1. The average molecular weight is 396 g/mol. The summed E-state index contributed by atoms with van der Waals surface area (Å²) in [6, 6.07) is 13.4. The number of halogens is 1. The zero-order valence-electron chi connectivity index (χ0n) is 15.7. The fraction of sp³-hybridized carbons (Fsp3) is 0.300. The molecule has 29 heavy (non-hydrogen) atoms. The van der Waals surface area contributed by atoms with Crippen molar-refractivity contribution in [2.45, 2.75) is 18.9 Å². The Kier molecular flexibility index (Phi) is 5.76. The van der Waals surface area contributed by atoms with E-state index in [4.69, 9.17) is 4.74 Å². The van der Waals surface area contributed by atoms with Gasteiger partial charge in [0.1, 0.15) is 24.0 Å². The van der Waals surface area contributed by atoms with Crippen LogP contribution in [0, 0.1) is 5.82 Å². The quantitative estimate of drug-likeness (QED) is 0.688. The van der Waals surface area contributed by atoms with Gasteiger partial charge in [-0.15, -0.1) is 5.10 Å². The minimum atomic E-state index is -0.275. The van der Waals surface area contributed by atoms with Crippen LogP contribution >= 0.6 is 0 Å². The maximum atomic E-state index is 13.0. The second-order valence-electron chi connectivity index (χ2n) is 6.90. The number of aromatic nitrogens is 4. The van der Waals surface area contributed by atoms with Gasteiger partial charge in [0.2, 0.25) is 5.91 Å². The molecule has 3 aromatic rings. The molecule has 0 saturated carbocycles. The average Bonchev–Trinajstić information content (AvgIpc) is 3.27. The number of carbonyl (C=O) groups is 1. The van der Waals surface area contributed by atoms with Crippen LogP contribution in [0.25, 0.3) is 5.69 Å². The van der Waals surface area contributed by atoms with E-state index < -0.39 is 0 Å². The monoisotopic (exact) mass is 396 g/mol. The zero-order valence-corrected chi connectivity index (χ0v) is 15.7. The summed E-state index contributed by atoms with van der Waals surface area (Å²) in [7, 11) is 0. The molecule has 0 bridgehead atoms. The third-order valence-electron chi connectivity index (χ3n) is 4.78. The molecule has 1 amide bonds. The topological polar surface area (TPSA) is 85.2 Å². The predicted octanol–water partition coefficient (Wildman–Crippen LogP) is 2.28. The molecule has 1 fully saturated rings. The van der Waals surface area contributed by atoms with Crippen LogP contribution in [0.4, 0.5) is 10.1 Å². The molecule has 2 aromatic carbocycles. The fourth-order valence-corrected chi connectivity index (χ4v) is 3.27. The Morgan fingerprint density at radius 3 is 2.48 bits per heavy atom. The first-order chi connectivity index (χ1) is 14.2. The summed E-state index contributed by atoms with van der Waals surface area (Å²) in [6.07, 6.45) is 3.24. The Bertz CT molecular complexity index is 923. The second-order valence-corrected chi connectivity index (χ2v) is 6.90. The van der Waals surface area contributed by atoms with E-state index in [0.29, 0.717) is 12.3 Å². The van der Waals surface area contributed by atoms with Crippen molar-refractivity contribution in [1.82, 2.24) is 25.1 Å². The molecule has 8 nitrogen and oxygen atoms in total. The Balaban J connectivity index is 1.22. The standard InChI is InChI=1S/C20H21FN6O2/c21-15-1-7-18(8-2-15)29-19-9-11-26(12-10-19)13-20(28)23-16-3-5-17(6-4-16)27-14-22-24-25-27/h1-8,14,19H,9-13H2,(H,23,28). The first-order valence-corrected chi connectivity index (χ1v) is 9.43. The van der Waals surface area contributed by atoms with Crippen LogP contribution < -0.4 is 10.1 Å². The molecule has 2 heterocycles. The number of nitrogens with zero attached hydrogens (tertiary/aromatic N) is 5. The molecule has 4 rings (SSSR count). The van der Waals surface area contributed by atoms with Crippen LogP contribution in [0.15, 0.2) is 54.9 Å². The minimum Gasteiger partial charge on any atom is -0.490 e. The number of hydrogen-bond acceptors (Lipinski definition) is 6. The largest absolute Gasteiger partial charge is 0.490 e. The summed E-state index contributed by atoms with van der Waals surface area (Å²) in [5, 5.41) is 13.9. The molecular weight excluding hydrogens is 375 g/mol. The van der Waals surface area contributed by atoms with Gasteiger partial charge in [-0.1, -0.05) is 0 Å². The van der Waals surface area contributed by atoms with Gasteiger partial charge in [0.15, 0.2) is 0 Å². The van der Waals surface area contributed by atoms with Crippen molar-refractivity contribution in [3.63, 3.8) is 0 Å². The van der Waals surface area contributed by atoms with Gasteiger partial charge in [0.05, 0.1) is 12.2 Å². The number of benzene rings is 2. The molecule has 0 radical (unpaired) electrons. The second kappa shape index (κ2) is 8.78. The third-order valence-corrected chi connectivity index (χ3v) is 4.78. The highest BCUT2D eigenvalue weighted by atomic mass is 19.1. The summed E-state index contributed by atoms with van der Waals surface area (Å²) in [5.74, 6) is 0.342. The molecule has 1 aromatic heterocycles. The van der Waals surface area contributed by atoms with Crippen molar-refractivity contribution in [3.05, 3.63) is 60.7 Å². The number of amides is 1. The number of piperidine rings is 1. The lowest BCUT2D eigenvalue weighted by Gasteiger charge is -2.31. The Labute approximate surface area is 167 Å². The number of likely N-dealkylation sites (tertiary alicyclic amines) is 1. The summed E-state index contributed by atoms with van der Waals surface area (Å²) in [6.45, 7) is 1.88. The number of nitrogens with one attached hydrogen (secondary N) is 1. The first-order valence-electron chi connectivity index (χ1n) is 9.43. The molecule has 0 aliphatic carbocycles. The minimum absolute atomic E-state index is 0.0573. The molecule has 1 aliphatic rings. The third kappa shape index (κ3) is 5.14. The fourth-order valence-electron chi connectivity index (χ4n) is 3.27. The summed E-state index contributed by atoms with van der Waals surface area (Å²) < 4.78 is 20.4. The zero-order chi connectivity index (χ0) is 20.1. The van der Waals surface area contributed by atoms with Crippen LogP contribution in [0.3, 0.4) is 0 Å². The van der Waals surface area contributed by atoms with Crippen molar-refractivity contribution >= 4 is 11.6 Å².